The maximum Gasteiger partial charge on any atom is 0.0835 e. The molecule has 0 saturated heterocycles. The number of aliphatic hydroxyl groups is 1. The molecule has 0 amide bonds. The molecule has 0 aromatic carbocycles. The third kappa shape index (κ3) is 2.95. The molecule has 0 aromatic heterocycles. The molecule has 100 valence electrons. The molecule has 0 aliphatic heterocycles. The summed E-state index contributed by atoms with van der Waals surface area (Å²) in [6, 6.07) is 2.51. The molecule has 1 fully saturated rings. The Morgan fingerprint density at radius 1 is 1.11 bits per heavy atom. The summed E-state index contributed by atoms with van der Waals surface area (Å²) in [7, 11) is 0. The van der Waals surface area contributed by atoms with Gasteiger partial charge >= 0.3 is 0 Å². The van der Waals surface area contributed by atoms with Gasteiger partial charge in [0.05, 0.1) is 17.6 Å². The second-order valence-corrected chi connectivity index (χ2v) is 6.03. The fourth-order valence-corrected chi connectivity index (χ4v) is 3.56. The van der Waals surface area contributed by atoms with Crippen LogP contribution in [0.1, 0.15) is 64.2 Å². The van der Waals surface area contributed by atoms with Gasteiger partial charge < -0.3 is 5.11 Å². The molecule has 2 rings (SSSR count). The number of rotatable bonds is 2. The molecule has 2 heteroatoms. The third-order valence-corrected chi connectivity index (χ3v) is 4.79. The van der Waals surface area contributed by atoms with E-state index in [1.807, 2.05) is 0 Å². The Kier molecular flexibility index (Phi) is 4.83. The molecular weight excluding hydrogens is 222 g/mol. The lowest BCUT2D eigenvalue weighted by Gasteiger charge is -2.38. The highest BCUT2D eigenvalue weighted by Crippen LogP contribution is 2.42. The van der Waals surface area contributed by atoms with Gasteiger partial charge in [-0.1, -0.05) is 44.3 Å². The van der Waals surface area contributed by atoms with Crippen LogP contribution >= 0.6 is 0 Å². The van der Waals surface area contributed by atoms with Crippen molar-refractivity contribution in [2.24, 2.45) is 11.3 Å². The average Bonchev–Trinajstić information content (AvgIpc) is 2.40. The summed E-state index contributed by atoms with van der Waals surface area (Å²) < 4.78 is 0. The average molecular weight is 247 g/mol. The number of nitrogens with zero attached hydrogens (tertiary/aromatic N) is 1. The topological polar surface area (TPSA) is 44.0 Å². The van der Waals surface area contributed by atoms with Gasteiger partial charge in [0.25, 0.3) is 0 Å². The van der Waals surface area contributed by atoms with Crippen molar-refractivity contribution < 1.29 is 5.11 Å². The van der Waals surface area contributed by atoms with Crippen LogP contribution < -0.4 is 0 Å². The summed E-state index contributed by atoms with van der Waals surface area (Å²) in [6.45, 7) is 0. The van der Waals surface area contributed by atoms with Crippen LogP contribution in [0.25, 0.3) is 0 Å². The van der Waals surface area contributed by atoms with Gasteiger partial charge in [-0.25, -0.2) is 0 Å². The van der Waals surface area contributed by atoms with Crippen LogP contribution in [-0.2, 0) is 0 Å². The van der Waals surface area contributed by atoms with Gasteiger partial charge in [0.1, 0.15) is 0 Å². The van der Waals surface area contributed by atoms with E-state index in [9.17, 15) is 10.4 Å². The van der Waals surface area contributed by atoms with Gasteiger partial charge in [0, 0.05) is 0 Å². The van der Waals surface area contributed by atoms with Crippen LogP contribution in [0.15, 0.2) is 12.2 Å². The van der Waals surface area contributed by atoms with E-state index >= 15 is 0 Å². The van der Waals surface area contributed by atoms with E-state index in [2.05, 4.69) is 18.2 Å². The Bertz CT molecular complexity index is 320. The van der Waals surface area contributed by atoms with E-state index in [0.717, 1.165) is 44.9 Å². The van der Waals surface area contributed by atoms with Crippen molar-refractivity contribution in [1.29, 1.82) is 5.26 Å². The van der Waals surface area contributed by atoms with Gasteiger partial charge in [-0.2, -0.15) is 5.26 Å². The molecule has 2 unspecified atom stereocenters. The maximum atomic E-state index is 10.7. The van der Waals surface area contributed by atoms with Gasteiger partial charge in [0.2, 0.25) is 0 Å². The van der Waals surface area contributed by atoms with Crippen LogP contribution in [0.2, 0.25) is 0 Å². The van der Waals surface area contributed by atoms with Crippen molar-refractivity contribution in [3.63, 3.8) is 0 Å². The van der Waals surface area contributed by atoms with Crippen LogP contribution in [0, 0.1) is 22.7 Å². The molecule has 2 atom stereocenters. The minimum absolute atomic E-state index is 0.300. The highest BCUT2D eigenvalue weighted by atomic mass is 16.3. The molecule has 0 bridgehead atoms. The second-order valence-electron chi connectivity index (χ2n) is 6.03. The number of allylic oxidation sites excluding steroid dienone is 2. The molecule has 2 aliphatic rings. The van der Waals surface area contributed by atoms with E-state index in [4.69, 9.17) is 0 Å². The number of nitriles is 1. The van der Waals surface area contributed by atoms with E-state index in [1.165, 1.54) is 19.3 Å². The molecule has 1 N–H and O–H groups in total. The lowest BCUT2D eigenvalue weighted by molar-refractivity contribution is -0.00475. The van der Waals surface area contributed by atoms with E-state index in [-0.39, 0.29) is 0 Å². The quantitative estimate of drug-likeness (QED) is 0.751. The Morgan fingerprint density at radius 3 is 2.33 bits per heavy atom. The highest BCUT2D eigenvalue weighted by Gasteiger charge is 2.41. The zero-order chi connectivity index (χ0) is 12.8. The summed E-state index contributed by atoms with van der Waals surface area (Å²) in [5, 5.41) is 20.3. The van der Waals surface area contributed by atoms with Gasteiger partial charge in [-0.3, -0.25) is 0 Å². The molecule has 2 nitrogen and oxygen atoms in total. The standard InChI is InChI=1S/C16H25NO/c17-13-16(11-7-2-1-3-8-12-16)15(18)14-9-5-4-6-10-14/h4-5,14-15,18H,1-3,6-12H2. The van der Waals surface area contributed by atoms with Crippen LogP contribution in [0.4, 0.5) is 0 Å². The van der Waals surface area contributed by atoms with Crippen molar-refractivity contribution >= 4 is 0 Å². The monoisotopic (exact) mass is 247 g/mol. The Balaban J connectivity index is 2.08. The zero-order valence-corrected chi connectivity index (χ0v) is 11.3. The normalized spacial score (nSPS) is 29.9. The second kappa shape index (κ2) is 6.38. The SMILES string of the molecule is N#CC1(C(O)C2CC=CCC2)CCCCCCC1. The van der Waals surface area contributed by atoms with Crippen molar-refractivity contribution in [2.45, 2.75) is 70.3 Å². The first-order valence-corrected chi connectivity index (χ1v) is 7.53. The fraction of sp³-hybridized carbons (Fsp3) is 0.812. The molecule has 0 radical (unpaired) electrons. The molecular formula is C16H25NO. The minimum Gasteiger partial charge on any atom is -0.391 e. The molecule has 1 saturated carbocycles. The van der Waals surface area contributed by atoms with Crippen LogP contribution in [0.5, 0.6) is 0 Å². The van der Waals surface area contributed by atoms with Crippen molar-refractivity contribution in [1.82, 2.24) is 0 Å². The largest absolute Gasteiger partial charge is 0.391 e. The zero-order valence-electron chi connectivity index (χ0n) is 11.3. The lowest BCUT2D eigenvalue weighted by Crippen LogP contribution is -2.40. The fourth-order valence-electron chi connectivity index (χ4n) is 3.56. The predicted octanol–water partition coefficient (Wildman–Crippen LogP) is 3.96. The molecule has 0 spiro atoms. The molecule has 0 heterocycles. The Labute approximate surface area is 111 Å². The summed E-state index contributed by atoms with van der Waals surface area (Å²) >= 11 is 0. The maximum absolute atomic E-state index is 10.7. The summed E-state index contributed by atoms with van der Waals surface area (Å²) in [6.07, 6.45) is 14.7. The first kappa shape index (κ1) is 13.6. The Morgan fingerprint density at radius 2 is 1.78 bits per heavy atom. The van der Waals surface area contributed by atoms with Crippen LogP contribution in [-0.4, -0.2) is 11.2 Å². The first-order chi connectivity index (χ1) is 8.78. The van der Waals surface area contributed by atoms with Crippen LogP contribution in [0.3, 0.4) is 0 Å². The summed E-state index contributed by atoms with van der Waals surface area (Å²) in [4.78, 5) is 0. The van der Waals surface area contributed by atoms with Gasteiger partial charge in [-0.15, -0.1) is 0 Å². The Hall–Kier alpha value is -0.810. The first-order valence-electron chi connectivity index (χ1n) is 7.53. The third-order valence-electron chi connectivity index (χ3n) is 4.79. The summed E-state index contributed by atoms with van der Waals surface area (Å²) in [5.74, 6) is 0.300. The van der Waals surface area contributed by atoms with E-state index in [0.29, 0.717) is 5.92 Å². The number of aliphatic hydroxyl groups excluding tert-OH is 1. The number of hydrogen-bond acceptors (Lipinski definition) is 2. The molecule has 2 aliphatic carbocycles. The predicted molar refractivity (Wildman–Crippen MR) is 72.9 cm³/mol. The van der Waals surface area contributed by atoms with Crippen molar-refractivity contribution in [2.75, 3.05) is 0 Å². The summed E-state index contributed by atoms with van der Waals surface area (Å²) in [5.41, 5.74) is -0.462. The smallest absolute Gasteiger partial charge is 0.0835 e. The minimum atomic E-state index is -0.462. The number of hydrogen-bond donors (Lipinski definition) is 1. The van der Waals surface area contributed by atoms with Gasteiger partial charge in [0.15, 0.2) is 0 Å². The van der Waals surface area contributed by atoms with Gasteiger partial charge in [-0.05, 0) is 38.0 Å². The van der Waals surface area contributed by atoms with Crippen molar-refractivity contribution in [3.05, 3.63) is 12.2 Å². The highest BCUT2D eigenvalue weighted by molar-refractivity contribution is 5.07. The van der Waals surface area contributed by atoms with Crippen molar-refractivity contribution in [3.8, 4) is 6.07 Å². The molecule has 0 aromatic rings. The lowest BCUT2D eigenvalue weighted by atomic mass is 9.67. The van der Waals surface area contributed by atoms with E-state index < -0.39 is 11.5 Å². The van der Waals surface area contributed by atoms with E-state index in [1.54, 1.807) is 0 Å². The molecule has 18 heavy (non-hydrogen) atoms.